The van der Waals surface area contributed by atoms with Gasteiger partial charge in [-0.05, 0) is 51.7 Å². The molecule has 1 aromatic heterocycles. The summed E-state index contributed by atoms with van der Waals surface area (Å²) in [7, 11) is 1.69. The Morgan fingerprint density at radius 3 is 2.74 bits per heavy atom. The largest absolute Gasteiger partial charge is 0.385 e. The lowest BCUT2D eigenvalue weighted by atomic mass is 10.0. The predicted molar refractivity (Wildman–Crippen MR) is 135 cm³/mol. The molecule has 180 valence electrons. The topological polar surface area (TPSA) is 58.8 Å². The molecule has 3 aromatic rings. The third-order valence-corrected chi connectivity index (χ3v) is 6.56. The van der Waals surface area contributed by atoms with Gasteiger partial charge in [0, 0.05) is 44.0 Å². The van der Waals surface area contributed by atoms with Gasteiger partial charge in [0.15, 0.2) is 0 Å². The zero-order chi connectivity index (χ0) is 23.9. The third-order valence-electron chi connectivity index (χ3n) is 6.56. The maximum Gasteiger partial charge on any atom is 0.254 e. The van der Waals surface area contributed by atoms with Crippen LogP contribution >= 0.6 is 0 Å². The van der Waals surface area contributed by atoms with Crippen LogP contribution in [0.2, 0.25) is 0 Å². The molecule has 6 nitrogen and oxygen atoms in total. The van der Waals surface area contributed by atoms with Crippen molar-refractivity contribution in [2.75, 3.05) is 31.7 Å². The average Bonchev–Trinajstić information content (AvgIpc) is 3.27. The molecule has 1 aliphatic heterocycles. The summed E-state index contributed by atoms with van der Waals surface area (Å²) in [6, 6.07) is 18.2. The number of anilines is 1. The lowest BCUT2D eigenvalue weighted by Crippen LogP contribution is -2.38. The van der Waals surface area contributed by atoms with Gasteiger partial charge in [0.1, 0.15) is 5.69 Å². The molecule has 1 atom stereocenters. The number of amides is 1. The number of nitrogens with zero attached hydrogens (tertiary/aromatic N) is 3. The summed E-state index contributed by atoms with van der Waals surface area (Å²) in [6.45, 7) is 6.81. The summed E-state index contributed by atoms with van der Waals surface area (Å²) in [5, 5.41) is 4.51. The number of benzene rings is 2. The Labute approximate surface area is 202 Å². The molecule has 0 radical (unpaired) electrons. The molecule has 0 N–H and O–H groups in total. The van der Waals surface area contributed by atoms with Crippen molar-refractivity contribution in [3.63, 3.8) is 0 Å². The van der Waals surface area contributed by atoms with E-state index in [9.17, 15) is 4.79 Å². The minimum Gasteiger partial charge on any atom is -0.385 e. The van der Waals surface area contributed by atoms with Crippen LogP contribution < -0.4 is 4.90 Å². The number of hydrogen-bond acceptors (Lipinski definition) is 5. The van der Waals surface area contributed by atoms with Crippen LogP contribution in [0.15, 0.2) is 59.1 Å². The lowest BCUT2D eigenvalue weighted by Gasteiger charge is -2.34. The molecule has 0 unspecified atom stereocenters. The summed E-state index contributed by atoms with van der Waals surface area (Å²) in [4.78, 5) is 17.9. The van der Waals surface area contributed by atoms with Crippen molar-refractivity contribution in [2.24, 2.45) is 0 Å². The smallest absolute Gasteiger partial charge is 0.254 e. The Morgan fingerprint density at radius 2 is 2.00 bits per heavy atom. The van der Waals surface area contributed by atoms with Crippen LogP contribution in [0.25, 0.3) is 11.3 Å². The first-order chi connectivity index (χ1) is 16.6. The Morgan fingerprint density at radius 1 is 1.18 bits per heavy atom. The Bertz CT molecular complexity index is 1080. The summed E-state index contributed by atoms with van der Waals surface area (Å²) in [6.07, 6.45) is 4.24. The fourth-order valence-electron chi connectivity index (χ4n) is 4.70. The fraction of sp³-hybridized carbons (Fsp3) is 0.429. The number of hydrogen-bond donors (Lipinski definition) is 0. The monoisotopic (exact) mass is 461 g/mol. The van der Waals surface area contributed by atoms with Crippen molar-refractivity contribution in [3.8, 4) is 11.3 Å². The molecule has 0 spiro atoms. The van der Waals surface area contributed by atoms with Gasteiger partial charge in [0.2, 0.25) is 5.88 Å². The number of carbonyl (C=O) groups is 1. The van der Waals surface area contributed by atoms with Crippen LogP contribution in [0.4, 0.5) is 5.88 Å². The third kappa shape index (κ3) is 5.50. The maximum absolute atomic E-state index is 13.6. The highest BCUT2D eigenvalue weighted by Gasteiger charge is 2.30. The zero-order valence-corrected chi connectivity index (χ0v) is 20.5. The number of carbonyl (C=O) groups excluding carboxylic acids is 1. The molecule has 1 aliphatic rings. The van der Waals surface area contributed by atoms with Gasteiger partial charge in [-0.2, -0.15) is 0 Å². The van der Waals surface area contributed by atoms with Crippen LogP contribution in [0.1, 0.15) is 54.1 Å². The van der Waals surface area contributed by atoms with Gasteiger partial charge >= 0.3 is 0 Å². The molecule has 1 amide bonds. The minimum atomic E-state index is 0.0117. The summed E-state index contributed by atoms with van der Waals surface area (Å²) in [5.41, 5.74) is 4.54. The van der Waals surface area contributed by atoms with Gasteiger partial charge in [-0.1, -0.05) is 53.2 Å². The first kappa shape index (κ1) is 24.0. The second kappa shape index (κ2) is 11.3. The normalized spacial score (nSPS) is 16.0. The van der Waals surface area contributed by atoms with Gasteiger partial charge < -0.3 is 19.1 Å². The van der Waals surface area contributed by atoms with Crippen LogP contribution in [-0.4, -0.2) is 48.8 Å². The number of ether oxygens (including phenoxy) is 1. The van der Waals surface area contributed by atoms with Crippen molar-refractivity contribution < 1.29 is 14.1 Å². The van der Waals surface area contributed by atoms with Gasteiger partial charge in [-0.15, -0.1) is 0 Å². The van der Waals surface area contributed by atoms with E-state index in [4.69, 9.17) is 9.26 Å². The fourth-order valence-corrected chi connectivity index (χ4v) is 4.70. The lowest BCUT2D eigenvalue weighted by molar-refractivity contribution is 0.0724. The van der Waals surface area contributed by atoms with E-state index >= 15 is 0 Å². The van der Waals surface area contributed by atoms with Crippen molar-refractivity contribution >= 4 is 11.8 Å². The Balaban J connectivity index is 1.72. The van der Waals surface area contributed by atoms with Gasteiger partial charge in [0.05, 0.1) is 12.1 Å². The van der Waals surface area contributed by atoms with E-state index in [2.05, 4.69) is 17.0 Å². The van der Waals surface area contributed by atoms with Gasteiger partial charge in [-0.25, -0.2) is 0 Å². The highest BCUT2D eigenvalue weighted by Crippen LogP contribution is 2.35. The Hall–Kier alpha value is -3.12. The van der Waals surface area contributed by atoms with Gasteiger partial charge in [-0.3, -0.25) is 4.79 Å². The molecule has 0 aliphatic carbocycles. The van der Waals surface area contributed by atoms with Crippen molar-refractivity contribution in [2.45, 2.75) is 52.1 Å². The van der Waals surface area contributed by atoms with Crippen LogP contribution in [0.3, 0.4) is 0 Å². The molecule has 1 fully saturated rings. The predicted octanol–water partition coefficient (Wildman–Crippen LogP) is 5.71. The molecule has 1 saturated heterocycles. The van der Waals surface area contributed by atoms with Crippen LogP contribution in [0.5, 0.6) is 0 Å². The first-order valence-electron chi connectivity index (χ1n) is 12.2. The Kier molecular flexibility index (Phi) is 8.01. The van der Waals surface area contributed by atoms with E-state index in [0.29, 0.717) is 31.3 Å². The van der Waals surface area contributed by atoms with Crippen molar-refractivity contribution in [1.29, 1.82) is 0 Å². The van der Waals surface area contributed by atoms with E-state index in [1.807, 2.05) is 66.4 Å². The molecule has 0 saturated carbocycles. The number of piperidine rings is 1. The van der Waals surface area contributed by atoms with E-state index in [-0.39, 0.29) is 5.91 Å². The maximum atomic E-state index is 13.6. The molecule has 2 aromatic carbocycles. The van der Waals surface area contributed by atoms with E-state index < -0.39 is 0 Å². The van der Waals surface area contributed by atoms with Crippen LogP contribution in [-0.2, 0) is 11.3 Å². The van der Waals surface area contributed by atoms with E-state index in [0.717, 1.165) is 54.1 Å². The highest BCUT2D eigenvalue weighted by molar-refractivity contribution is 5.94. The standard InChI is InChI=1S/C28H35N3O3/c1-21-11-9-15-24(19-21)27(32)30(16-10-18-33-3)20-25-26(23-13-5-4-6-14-23)29-34-28(25)31-17-8-7-12-22(31)2/h4-6,9,11,13-15,19,22H,7-8,10,12,16-18,20H2,1-3H3/t22-/m1/s1. The molecular weight excluding hydrogens is 426 g/mol. The van der Waals surface area contributed by atoms with E-state index in [1.54, 1.807) is 7.11 Å². The molecule has 2 heterocycles. The summed E-state index contributed by atoms with van der Waals surface area (Å²) >= 11 is 0. The second-order valence-electron chi connectivity index (χ2n) is 9.16. The SMILES string of the molecule is COCCCN(Cc1c(-c2ccccc2)noc1N1CCCC[C@H]1C)C(=O)c1cccc(C)c1. The van der Waals surface area contributed by atoms with Crippen LogP contribution in [0, 0.1) is 6.92 Å². The number of aromatic nitrogens is 1. The van der Waals surface area contributed by atoms with E-state index in [1.165, 1.54) is 6.42 Å². The molecule has 34 heavy (non-hydrogen) atoms. The number of methoxy groups -OCH3 is 1. The second-order valence-corrected chi connectivity index (χ2v) is 9.16. The minimum absolute atomic E-state index is 0.0117. The summed E-state index contributed by atoms with van der Waals surface area (Å²) in [5.74, 6) is 0.803. The average molecular weight is 462 g/mol. The first-order valence-corrected chi connectivity index (χ1v) is 12.2. The zero-order valence-electron chi connectivity index (χ0n) is 20.5. The molecule has 4 rings (SSSR count). The molecule has 6 heteroatoms. The highest BCUT2D eigenvalue weighted by atomic mass is 16.5. The summed E-state index contributed by atoms with van der Waals surface area (Å²) < 4.78 is 11.3. The quantitative estimate of drug-likeness (QED) is 0.382. The van der Waals surface area contributed by atoms with Crippen molar-refractivity contribution in [1.82, 2.24) is 10.1 Å². The molecule has 0 bridgehead atoms. The molecular formula is C28H35N3O3. The van der Waals surface area contributed by atoms with Gasteiger partial charge in [0.25, 0.3) is 5.91 Å². The number of aryl methyl sites for hydroxylation is 1. The van der Waals surface area contributed by atoms with Crippen molar-refractivity contribution in [3.05, 3.63) is 71.3 Å². The number of rotatable bonds is 9.